The average molecular weight is 398 g/mol. The predicted molar refractivity (Wildman–Crippen MR) is 110 cm³/mol. The fourth-order valence-electron chi connectivity index (χ4n) is 3.83. The van der Waals surface area contributed by atoms with E-state index in [1.54, 1.807) is 6.92 Å². The van der Waals surface area contributed by atoms with Gasteiger partial charge < -0.3 is 9.73 Å². The summed E-state index contributed by atoms with van der Waals surface area (Å²) in [5, 5.41) is 12.8. The van der Waals surface area contributed by atoms with Crippen molar-refractivity contribution in [2.45, 2.75) is 19.0 Å². The molecule has 3 amide bonds. The first kappa shape index (κ1) is 18.1. The van der Waals surface area contributed by atoms with Crippen LogP contribution >= 0.6 is 0 Å². The number of benzene rings is 3. The molecule has 1 saturated heterocycles. The fourth-order valence-corrected chi connectivity index (χ4v) is 3.83. The number of nitrogens with one attached hydrogen (secondary N) is 1. The summed E-state index contributed by atoms with van der Waals surface area (Å²) in [4.78, 5) is 27.1. The molecule has 30 heavy (non-hydrogen) atoms. The van der Waals surface area contributed by atoms with Gasteiger partial charge in [-0.25, -0.2) is 4.79 Å². The number of nitrogens with zero attached hydrogens (tertiary/aromatic N) is 3. The van der Waals surface area contributed by atoms with Gasteiger partial charge in [0.05, 0.1) is 0 Å². The Kier molecular flexibility index (Phi) is 4.10. The summed E-state index contributed by atoms with van der Waals surface area (Å²) in [7, 11) is 0. The molecule has 1 aliphatic heterocycles. The first-order valence-corrected chi connectivity index (χ1v) is 9.56. The van der Waals surface area contributed by atoms with Crippen molar-refractivity contribution in [3.63, 3.8) is 0 Å². The van der Waals surface area contributed by atoms with Crippen LogP contribution in [0.4, 0.5) is 4.79 Å². The molecule has 7 heteroatoms. The van der Waals surface area contributed by atoms with Crippen molar-refractivity contribution in [1.82, 2.24) is 20.4 Å². The minimum atomic E-state index is -1.18. The monoisotopic (exact) mass is 398 g/mol. The summed E-state index contributed by atoms with van der Waals surface area (Å²) in [6.45, 7) is 1.63. The van der Waals surface area contributed by atoms with Gasteiger partial charge in [0.15, 0.2) is 0 Å². The number of carbonyl (C=O) groups is 2. The molecule has 1 unspecified atom stereocenters. The van der Waals surface area contributed by atoms with Crippen LogP contribution in [0, 0.1) is 0 Å². The summed E-state index contributed by atoms with van der Waals surface area (Å²) in [5.74, 6) is 0.178. The molecule has 0 saturated carbocycles. The standard InChI is InChI=1S/C23H18N4O3/c1-23(18-13-7-11-15-8-5-6-12-17(15)18)21(28)27(22(29)24-23)14-19-25-26-20(30-19)16-9-3-2-4-10-16/h2-13H,14H2,1H3,(H,24,29). The lowest BCUT2D eigenvalue weighted by molar-refractivity contribution is -0.131. The second-order valence-electron chi connectivity index (χ2n) is 7.34. The van der Waals surface area contributed by atoms with Gasteiger partial charge in [-0.15, -0.1) is 10.2 Å². The number of urea groups is 1. The molecule has 0 radical (unpaired) electrons. The number of hydrogen-bond acceptors (Lipinski definition) is 5. The first-order chi connectivity index (χ1) is 14.6. The summed E-state index contributed by atoms with van der Waals surface area (Å²) in [6, 6.07) is 22.3. The second kappa shape index (κ2) is 6.81. The van der Waals surface area contributed by atoms with Gasteiger partial charge in [0.1, 0.15) is 12.1 Å². The van der Waals surface area contributed by atoms with Gasteiger partial charge in [0.2, 0.25) is 11.8 Å². The van der Waals surface area contributed by atoms with Crippen molar-refractivity contribution >= 4 is 22.7 Å². The van der Waals surface area contributed by atoms with E-state index < -0.39 is 11.6 Å². The van der Waals surface area contributed by atoms with E-state index in [4.69, 9.17) is 4.42 Å². The Morgan fingerprint density at radius 1 is 0.933 bits per heavy atom. The Bertz CT molecular complexity index is 1260. The predicted octanol–water partition coefficient (Wildman–Crippen LogP) is 3.86. The van der Waals surface area contributed by atoms with E-state index in [0.717, 1.165) is 26.8 Å². The maximum absolute atomic E-state index is 13.3. The Labute approximate surface area is 172 Å². The van der Waals surface area contributed by atoms with Gasteiger partial charge in [-0.1, -0.05) is 60.7 Å². The van der Waals surface area contributed by atoms with Crippen LogP contribution in [0.1, 0.15) is 18.4 Å². The van der Waals surface area contributed by atoms with Crippen LogP contribution < -0.4 is 5.32 Å². The third kappa shape index (κ3) is 2.83. The molecule has 148 valence electrons. The van der Waals surface area contributed by atoms with Crippen molar-refractivity contribution in [1.29, 1.82) is 0 Å². The molecule has 4 aromatic rings. The topological polar surface area (TPSA) is 88.3 Å². The Hall–Kier alpha value is -4.00. The number of carbonyl (C=O) groups excluding carboxylic acids is 2. The molecule has 1 aliphatic rings. The van der Waals surface area contributed by atoms with E-state index in [-0.39, 0.29) is 18.3 Å². The molecular formula is C23H18N4O3. The van der Waals surface area contributed by atoms with E-state index in [0.29, 0.717) is 5.89 Å². The van der Waals surface area contributed by atoms with Gasteiger partial charge in [-0.3, -0.25) is 9.69 Å². The van der Waals surface area contributed by atoms with Crippen LogP contribution in [0.2, 0.25) is 0 Å². The van der Waals surface area contributed by atoms with E-state index >= 15 is 0 Å². The van der Waals surface area contributed by atoms with Crippen molar-refractivity contribution in [2.75, 3.05) is 0 Å². The van der Waals surface area contributed by atoms with Crippen LogP contribution in [-0.2, 0) is 16.9 Å². The summed E-state index contributed by atoms with van der Waals surface area (Å²) in [6.07, 6.45) is 0. The summed E-state index contributed by atoms with van der Waals surface area (Å²) in [5.41, 5.74) is 0.339. The zero-order valence-corrected chi connectivity index (χ0v) is 16.2. The highest BCUT2D eigenvalue weighted by Gasteiger charge is 2.50. The molecule has 1 N–H and O–H groups in total. The Morgan fingerprint density at radius 3 is 2.50 bits per heavy atom. The molecular weight excluding hydrogens is 380 g/mol. The molecule has 0 spiro atoms. The summed E-state index contributed by atoms with van der Waals surface area (Å²) >= 11 is 0. The van der Waals surface area contributed by atoms with E-state index in [1.165, 1.54) is 0 Å². The minimum Gasteiger partial charge on any atom is -0.419 e. The van der Waals surface area contributed by atoms with Gasteiger partial charge in [-0.2, -0.15) is 0 Å². The zero-order valence-electron chi connectivity index (χ0n) is 16.2. The zero-order chi connectivity index (χ0) is 20.7. The lowest BCUT2D eigenvalue weighted by Crippen LogP contribution is -2.41. The quantitative estimate of drug-likeness (QED) is 0.528. The van der Waals surface area contributed by atoms with Crippen LogP contribution in [0.25, 0.3) is 22.2 Å². The van der Waals surface area contributed by atoms with Gasteiger partial charge >= 0.3 is 6.03 Å². The third-order valence-corrected chi connectivity index (χ3v) is 5.38. The highest BCUT2D eigenvalue weighted by molar-refractivity contribution is 6.09. The lowest BCUT2D eigenvalue weighted by Gasteiger charge is -2.23. The fraction of sp³-hybridized carbons (Fsp3) is 0.130. The number of amides is 3. The Morgan fingerprint density at radius 2 is 1.67 bits per heavy atom. The van der Waals surface area contributed by atoms with Crippen LogP contribution in [0.5, 0.6) is 0 Å². The highest BCUT2D eigenvalue weighted by atomic mass is 16.4. The maximum atomic E-state index is 13.3. The molecule has 1 atom stereocenters. The van der Waals surface area contributed by atoms with Crippen molar-refractivity contribution < 1.29 is 14.0 Å². The number of rotatable bonds is 4. The second-order valence-corrected chi connectivity index (χ2v) is 7.34. The molecule has 5 rings (SSSR count). The van der Waals surface area contributed by atoms with Crippen LogP contribution in [0.15, 0.2) is 77.2 Å². The van der Waals surface area contributed by atoms with Crippen molar-refractivity contribution in [3.05, 3.63) is 84.3 Å². The number of fused-ring (bicyclic) bond motifs is 1. The molecule has 2 heterocycles. The maximum Gasteiger partial charge on any atom is 0.325 e. The molecule has 1 aromatic heterocycles. The average Bonchev–Trinajstić information content (AvgIpc) is 3.33. The van der Waals surface area contributed by atoms with Gasteiger partial charge in [0.25, 0.3) is 5.91 Å². The molecule has 7 nitrogen and oxygen atoms in total. The first-order valence-electron chi connectivity index (χ1n) is 9.56. The van der Waals surface area contributed by atoms with Crippen LogP contribution in [-0.4, -0.2) is 27.0 Å². The number of aromatic nitrogens is 2. The minimum absolute atomic E-state index is 0.0924. The molecule has 0 bridgehead atoms. The number of imide groups is 1. The smallest absolute Gasteiger partial charge is 0.325 e. The highest BCUT2D eigenvalue weighted by Crippen LogP contribution is 2.34. The molecule has 1 fully saturated rings. The summed E-state index contributed by atoms with van der Waals surface area (Å²) < 4.78 is 5.68. The third-order valence-electron chi connectivity index (χ3n) is 5.38. The Balaban J connectivity index is 1.45. The molecule has 0 aliphatic carbocycles. The van der Waals surface area contributed by atoms with Crippen LogP contribution in [0.3, 0.4) is 0 Å². The number of hydrogen-bond donors (Lipinski definition) is 1. The van der Waals surface area contributed by atoms with Crippen molar-refractivity contribution in [2.24, 2.45) is 0 Å². The van der Waals surface area contributed by atoms with E-state index in [2.05, 4.69) is 15.5 Å². The molecule has 3 aromatic carbocycles. The SMILES string of the molecule is CC1(c2cccc3ccccc23)NC(=O)N(Cc2nnc(-c3ccccc3)o2)C1=O. The van der Waals surface area contributed by atoms with Gasteiger partial charge in [0, 0.05) is 5.56 Å². The van der Waals surface area contributed by atoms with Crippen molar-refractivity contribution in [3.8, 4) is 11.5 Å². The van der Waals surface area contributed by atoms with Gasteiger partial charge in [-0.05, 0) is 35.4 Å². The normalized spacial score (nSPS) is 18.8. The lowest BCUT2D eigenvalue weighted by atomic mass is 9.88. The van der Waals surface area contributed by atoms with E-state index in [9.17, 15) is 9.59 Å². The van der Waals surface area contributed by atoms with E-state index in [1.807, 2.05) is 72.8 Å². The largest absolute Gasteiger partial charge is 0.419 e.